The van der Waals surface area contributed by atoms with Crippen LogP contribution in [0.1, 0.15) is 64.3 Å². The summed E-state index contributed by atoms with van der Waals surface area (Å²) in [6.45, 7) is 16.7. The van der Waals surface area contributed by atoms with Crippen LogP contribution in [0.15, 0.2) is 17.8 Å². The van der Waals surface area contributed by atoms with E-state index in [0.717, 1.165) is 23.4 Å². The third-order valence-corrected chi connectivity index (χ3v) is 3.97. The molecule has 1 rings (SSSR count). The summed E-state index contributed by atoms with van der Waals surface area (Å²) in [5.41, 5.74) is 3.08. The molecule has 0 fully saturated rings. The van der Waals surface area contributed by atoms with Crippen molar-refractivity contribution in [2.24, 2.45) is 10.9 Å². The highest BCUT2D eigenvalue weighted by molar-refractivity contribution is 5.90. The Labute approximate surface area is 140 Å². The maximum absolute atomic E-state index is 12.7. The molecule has 1 aromatic heterocycles. The molecule has 0 bridgehead atoms. The van der Waals surface area contributed by atoms with E-state index in [1.165, 1.54) is 0 Å². The van der Waals surface area contributed by atoms with Crippen LogP contribution in [0.2, 0.25) is 0 Å². The van der Waals surface area contributed by atoms with E-state index in [4.69, 9.17) is 0 Å². The number of nitrogens with zero attached hydrogens (tertiary/aromatic N) is 1. The van der Waals surface area contributed by atoms with E-state index < -0.39 is 0 Å². The van der Waals surface area contributed by atoms with Crippen LogP contribution in [-0.4, -0.2) is 35.6 Å². The van der Waals surface area contributed by atoms with Gasteiger partial charge in [-0.3, -0.25) is 9.79 Å². The van der Waals surface area contributed by atoms with Gasteiger partial charge in [0.25, 0.3) is 0 Å². The zero-order chi connectivity index (χ0) is 17.6. The van der Waals surface area contributed by atoms with Crippen molar-refractivity contribution < 1.29 is 4.79 Å². The zero-order valence-corrected chi connectivity index (χ0v) is 15.3. The van der Waals surface area contributed by atoms with Gasteiger partial charge in [-0.15, -0.1) is 0 Å². The Kier molecular flexibility index (Phi) is 7.43. The summed E-state index contributed by atoms with van der Waals surface area (Å²) in [7, 11) is 0. The Morgan fingerprint density at radius 1 is 1.35 bits per heavy atom. The third kappa shape index (κ3) is 4.90. The average molecular weight is 317 g/mol. The number of carbonyl (C=O) groups excluding carboxylic acids is 1. The number of aromatic amines is 1. The number of aliphatic imine (C=N–C) groups is 1. The Balaban J connectivity index is 3.24. The molecule has 23 heavy (non-hydrogen) atoms. The van der Waals surface area contributed by atoms with Crippen LogP contribution in [0.5, 0.6) is 0 Å². The van der Waals surface area contributed by atoms with Crippen molar-refractivity contribution in [2.45, 2.75) is 59.5 Å². The summed E-state index contributed by atoms with van der Waals surface area (Å²) in [4.78, 5) is 20.3. The van der Waals surface area contributed by atoms with Crippen molar-refractivity contribution in [2.75, 3.05) is 6.54 Å². The first-order chi connectivity index (χ1) is 10.8. The minimum absolute atomic E-state index is 0.000671. The second kappa shape index (κ2) is 8.82. The van der Waals surface area contributed by atoms with Gasteiger partial charge in [-0.05, 0) is 18.6 Å². The van der Waals surface area contributed by atoms with Crippen LogP contribution in [-0.2, 0) is 4.79 Å². The average Bonchev–Trinajstić information content (AvgIpc) is 2.91. The maximum Gasteiger partial charge on any atom is 0.152 e. The molecule has 0 radical (unpaired) electrons. The first kappa shape index (κ1) is 19.4. The van der Waals surface area contributed by atoms with Crippen LogP contribution >= 0.6 is 0 Å². The van der Waals surface area contributed by atoms with Crippen molar-refractivity contribution >= 4 is 18.1 Å². The number of H-pyrrole nitrogens is 1. The van der Waals surface area contributed by atoms with Gasteiger partial charge >= 0.3 is 0 Å². The molecule has 0 aliphatic carbocycles. The fraction of sp³-hybridized carbons (Fsp3) is 0.579. The molecule has 2 unspecified atom stereocenters. The summed E-state index contributed by atoms with van der Waals surface area (Å²) in [6.07, 6.45) is 5.65. The molecule has 0 saturated carbocycles. The molecule has 0 spiro atoms. The molecule has 0 saturated heterocycles. The minimum Gasteiger partial charge on any atom is -0.361 e. The van der Waals surface area contributed by atoms with Crippen LogP contribution in [0, 0.1) is 5.92 Å². The van der Waals surface area contributed by atoms with Gasteiger partial charge in [-0.1, -0.05) is 41.2 Å². The summed E-state index contributed by atoms with van der Waals surface area (Å²) >= 11 is 0. The highest BCUT2D eigenvalue weighted by Crippen LogP contribution is 2.27. The number of rotatable bonds is 9. The van der Waals surface area contributed by atoms with Crippen molar-refractivity contribution in [1.82, 2.24) is 10.3 Å². The molecule has 2 N–H and O–H groups in total. The smallest absolute Gasteiger partial charge is 0.152 e. The first-order valence-electron chi connectivity index (χ1n) is 8.46. The van der Waals surface area contributed by atoms with E-state index in [0.29, 0.717) is 0 Å². The standard InChI is InChI=1S/C19H31N3O/c1-8-17-16(10-20-9-2)15(11-21-17)14(7)18(22-13(5)6)19(23)12(3)4/h8,10-14,18,21-22H,1,9H2,2-7H3. The lowest BCUT2D eigenvalue weighted by Gasteiger charge is -2.27. The third-order valence-electron chi connectivity index (χ3n) is 3.97. The number of hydrogen-bond acceptors (Lipinski definition) is 3. The Morgan fingerprint density at radius 2 is 2.00 bits per heavy atom. The van der Waals surface area contributed by atoms with Crippen molar-refractivity contribution in [1.29, 1.82) is 0 Å². The summed E-state index contributed by atoms with van der Waals surface area (Å²) in [6, 6.07) is 0.0352. The van der Waals surface area contributed by atoms with Crippen molar-refractivity contribution in [3.63, 3.8) is 0 Å². The molecule has 0 aliphatic heterocycles. The normalized spacial score (nSPS) is 14.6. The number of aromatic nitrogens is 1. The van der Waals surface area contributed by atoms with E-state index >= 15 is 0 Å². The predicted octanol–water partition coefficient (Wildman–Crippen LogP) is 3.79. The number of hydrogen-bond donors (Lipinski definition) is 2. The fourth-order valence-corrected chi connectivity index (χ4v) is 2.71. The van der Waals surface area contributed by atoms with Crippen LogP contribution < -0.4 is 5.32 Å². The lowest BCUT2D eigenvalue weighted by atomic mass is 9.85. The molecular weight excluding hydrogens is 286 g/mol. The highest BCUT2D eigenvalue weighted by Gasteiger charge is 2.30. The quantitative estimate of drug-likeness (QED) is 0.681. The zero-order valence-electron chi connectivity index (χ0n) is 15.3. The van der Waals surface area contributed by atoms with E-state index in [2.05, 4.69) is 42.6 Å². The van der Waals surface area contributed by atoms with Gasteiger partial charge in [0.1, 0.15) is 0 Å². The molecule has 0 aliphatic rings. The molecule has 128 valence electrons. The number of carbonyl (C=O) groups is 1. The topological polar surface area (TPSA) is 57.2 Å². The van der Waals surface area contributed by atoms with E-state index in [9.17, 15) is 4.79 Å². The van der Waals surface area contributed by atoms with Gasteiger partial charge in [0.15, 0.2) is 5.78 Å². The van der Waals surface area contributed by atoms with E-state index in [1.54, 1.807) is 6.08 Å². The predicted molar refractivity (Wildman–Crippen MR) is 99.3 cm³/mol. The van der Waals surface area contributed by atoms with Gasteiger partial charge in [0.05, 0.1) is 6.04 Å². The number of ketones is 1. The largest absolute Gasteiger partial charge is 0.361 e. The second-order valence-electron chi connectivity index (χ2n) is 6.55. The highest BCUT2D eigenvalue weighted by atomic mass is 16.1. The maximum atomic E-state index is 12.7. The van der Waals surface area contributed by atoms with E-state index in [-0.39, 0.29) is 29.7 Å². The summed E-state index contributed by atoms with van der Waals surface area (Å²) < 4.78 is 0. The van der Waals surface area contributed by atoms with Gasteiger partial charge in [0.2, 0.25) is 0 Å². The van der Waals surface area contributed by atoms with Crippen LogP contribution in [0.25, 0.3) is 6.08 Å². The van der Waals surface area contributed by atoms with Crippen molar-refractivity contribution in [3.05, 3.63) is 29.6 Å². The number of nitrogens with one attached hydrogen (secondary N) is 2. The van der Waals surface area contributed by atoms with E-state index in [1.807, 2.05) is 33.2 Å². The Bertz CT molecular complexity index is 555. The first-order valence-corrected chi connectivity index (χ1v) is 8.46. The number of Topliss-reactive ketones (excluding diaryl/α,β-unsaturated/α-hetero) is 1. The molecule has 1 aromatic rings. The lowest BCUT2D eigenvalue weighted by molar-refractivity contribution is -0.124. The monoisotopic (exact) mass is 317 g/mol. The van der Waals surface area contributed by atoms with Gasteiger partial charge < -0.3 is 10.3 Å². The minimum atomic E-state index is -0.211. The molecule has 4 heteroatoms. The van der Waals surface area contributed by atoms with Crippen molar-refractivity contribution in [3.8, 4) is 0 Å². The Hall–Kier alpha value is -1.68. The fourth-order valence-electron chi connectivity index (χ4n) is 2.71. The van der Waals surface area contributed by atoms with Gasteiger partial charge in [-0.2, -0.15) is 0 Å². The lowest BCUT2D eigenvalue weighted by Crippen LogP contribution is -2.46. The molecule has 4 nitrogen and oxygen atoms in total. The second-order valence-corrected chi connectivity index (χ2v) is 6.55. The van der Waals surface area contributed by atoms with Gasteiger partial charge in [-0.25, -0.2) is 0 Å². The van der Waals surface area contributed by atoms with Crippen LogP contribution in [0.4, 0.5) is 0 Å². The van der Waals surface area contributed by atoms with Crippen LogP contribution in [0.3, 0.4) is 0 Å². The Morgan fingerprint density at radius 3 is 2.48 bits per heavy atom. The summed E-state index contributed by atoms with van der Waals surface area (Å²) in [5, 5.41) is 3.44. The SMILES string of the molecule is C=Cc1[nH]cc(C(C)C(NC(C)C)C(=O)C(C)C)c1C=NCC. The summed E-state index contributed by atoms with van der Waals surface area (Å²) in [5.74, 6) is 0.292. The molecular formula is C19H31N3O. The van der Waals surface area contributed by atoms with Gasteiger partial charge in [0, 0.05) is 48.1 Å². The molecule has 0 aromatic carbocycles. The molecule has 1 heterocycles. The molecule has 0 amide bonds. The molecule has 2 atom stereocenters.